The van der Waals surface area contributed by atoms with Crippen LogP contribution in [0.3, 0.4) is 0 Å². The van der Waals surface area contributed by atoms with Gasteiger partial charge in [0.05, 0.1) is 10.7 Å². The zero-order chi connectivity index (χ0) is 26.2. The molecule has 2 aliphatic rings. The third-order valence-corrected chi connectivity index (χ3v) is 7.50. The molecule has 1 saturated heterocycles. The summed E-state index contributed by atoms with van der Waals surface area (Å²) in [6, 6.07) is 6.56. The molecule has 0 radical (unpaired) electrons. The Morgan fingerprint density at radius 2 is 1.83 bits per heavy atom. The molecule has 4 N–H and O–H groups in total. The number of rotatable bonds is 8. The molecule has 1 fully saturated rings. The summed E-state index contributed by atoms with van der Waals surface area (Å²) in [5.41, 5.74) is 16.9. The number of anilines is 1. The summed E-state index contributed by atoms with van der Waals surface area (Å²) in [5, 5.41) is 7.98. The lowest BCUT2D eigenvalue weighted by molar-refractivity contribution is 0.119. The fourth-order valence-electron chi connectivity index (χ4n) is 4.95. The number of nitrogens with two attached hydrogens (primary N) is 2. The predicted octanol–water partition coefficient (Wildman–Crippen LogP) is 5.32. The third-order valence-electron chi connectivity index (χ3n) is 7.00. The van der Waals surface area contributed by atoms with E-state index in [4.69, 9.17) is 32.9 Å². The van der Waals surface area contributed by atoms with Gasteiger partial charge in [0.15, 0.2) is 11.6 Å². The van der Waals surface area contributed by atoms with Gasteiger partial charge in [0.1, 0.15) is 6.10 Å². The number of likely N-dealkylation sites (tertiary alicyclic amines) is 1. The molecule has 3 heterocycles. The maximum atomic E-state index is 6.60. The Hall–Kier alpha value is -2.35. The average Bonchev–Trinajstić information content (AvgIpc) is 3.38. The molecule has 0 spiro atoms. The summed E-state index contributed by atoms with van der Waals surface area (Å²) in [7, 11) is 0. The maximum Gasteiger partial charge on any atom is 0.166 e. The van der Waals surface area contributed by atoms with Crippen molar-refractivity contribution >= 4 is 23.1 Å². The van der Waals surface area contributed by atoms with Crippen LogP contribution in [0, 0.1) is 13.8 Å². The summed E-state index contributed by atoms with van der Waals surface area (Å²) in [6.07, 6.45) is 5.80. The second kappa shape index (κ2) is 13.3. The number of hydrogen-bond acceptors (Lipinski definition) is 7. The highest BCUT2D eigenvalue weighted by Crippen LogP contribution is 2.34. The fourth-order valence-corrected chi connectivity index (χ4v) is 5.32. The zero-order valence-corrected chi connectivity index (χ0v) is 23.3. The number of ether oxygens (including phenoxy) is 1. The van der Waals surface area contributed by atoms with Gasteiger partial charge >= 0.3 is 0 Å². The highest BCUT2D eigenvalue weighted by molar-refractivity contribution is 6.32. The quantitative estimate of drug-likeness (QED) is 0.495. The molecule has 1 unspecified atom stereocenters. The molecule has 0 bridgehead atoms. The van der Waals surface area contributed by atoms with Gasteiger partial charge in [0.25, 0.3) is 0 Å². The molecule has 36 heavy (non-hydrogen) atoms. The van der Waals surface area contributed by atoms with Crippen LogP contribution in [0.1, 0.15) is 74.8 Å². The number of halogens is 1. The van der Waals surface area contributed by atoms with Gasteiger partial charge in [-0.1, -0.05) is 37.6 Å². The van der Waals surface area contributed by atoms with E-state index in [0.29, 0.717) is 17.6 Å². The van der Waals surface area contributed by atoms with Crippen molar-refractivity contribution in [3.8, 4) is 5.75 Å². The maximum absolute atomic E-state index is 6.60. The van der Waals surface area contributed by atoms with E-state index in [1.54, 1.807) is 6.20 Å². The summed E-state index contributed by atoms with van der Waals surface area (Å²) < 4.78 is 6.28. The molecule has 1 aromatic heterocycles. The number of nitrogen functional groups attached to an aromatic ring is 1. The van der Waals surface area contributed by atoms with Crippen LogP contribution in [0.2, 0.25) is 5.02 Å². The first-order valence-corrected chi connectivity index (χ1v) is 13.7. The van der Waals surface area contributed by atoms with Gasteiger partial charge in [0.2, 0.25) is 0 Å². The number of piperidine rings is 1. The molecule has 1 aromatic carbocycles. The number of aromatic nitrogens is 1. The standard InChI is InChI=1S/C26H37ClN6O.C2H6/c1-17-5-6-18(2)25(27)24(17)19(3)34-23-15-20(16-30-26(23)29)22-9-14-33(31-22)21-7-12-32(13-8-21)11-4-10-28;1-2/h5-6,15-16,19,21H,4,7-14,28H2,1-3H3,(H2,29,30);1-2H3. The van der Waals surface area contributed by atoms with Crippen molar-refractivity contribution in [2.24, 2.45) is 10.8 Å². The lowest BCUT2D eigenvalue weighted by Gasteiger charge is -2.35. The molecule has 1 atom stereocenters. The number of pyridine rings is 1. The van der Waals surface area contributed by atoms with E-state index in [1.807, 2.05) is 46.8 Å². The number of hydrogen-bond donors (Lipinski definition) is 2. The summed E-state index contributed by atoms with van der Waals surface area (Å²) in [4.78, 5) is 6.93. The van der Waals surface area contributed by atoms with Gasteiger partial charge in [-0.3, -0.25) is 5.01 Å². The first kappa shape index (κ1) is 28.2. The molecule has 0 amide bonds. The Labute approximate surface area is 221 Å². The Morgan fingerprint density at radius 1 is 1.14 bits per heavy atom. The van der Waals surface area contributed by atoms with Crippen LogP contribution in [-0.4, -0.2) is 59.4 Å². The van der Waals surface area contributed by atoms with Gasteiger partial charge in [-0.05, 0) is 70.3 Å². The smallest absolute Gasteiger partial charge is 0.166 e. The topological polar surface area (TPSA) is 93.0 Å². The number of hydrazone groups is 1. The Kier molecular flexibility index (Phi) is 10.4. The van der Waals surface area contributed by atoms with Gasteiger partial charge in [-0.2, -0.15) is 5.10 Å². The first-order chi connectivity index (χ1) is 17.4. The zero-order valence-electron chi connectivity index (χ0n) is 22.6. The van der Waals surface area contributed by atoms with Crippen molar-refractivity contribution in [3.63, 3.8) is 0 Å². The number of aryl methyl sites for hydroxylation is 2. The molecule has 0 saturated carbocycles. The normalized spacial score (nSPS) is 17.4. The second-order valence-corrected chi connectivity index (χ2v) is 9.85. The lowest BCUT2D eigenvalue weighted by atomic mass is 10.0. The molecule has 4 rings (SSSR count). The van der Waals surface area contributed by atoms with Crippen LogP contribution in [0.15, 0.2) is 29.5 Å². The van der Waals surface area contributed by atoms with Crippen LogP contribution in [0.25, 0.3) is 0 Å². The Balaban J connectivity index is 0.00000176. The number of nitrogens with zero attached hydrogens (tertiary/aromatic N) is 4. The molecule has 2 aromatic rings. The van der Waals surface area contributed by atoms with E-state index in [-0.39, 0.29) is 6.10 Å². The summed E-state index contributed by atoms with van der Waals surface area (Å²) in [6.45, 7) is 15.1. The van der Waals surface area contributed by atoms with Crippen molar-refractivity contribution in [2.75, 3.05) is 38.5 Å². The molecular weight excluding hydrogens is 472 g/mol. The molecule has 7 nitrogen and oxygen atoms in total. The summed E-state index contributed by atoms with van der Waals surface area (Å²) >= 11 is 6.60. The molecule has 2 aliphatic heterocycles. The average molecular weight is 515 g/mol. The molecular formula is C28H43ClN6O. The second-order valence-electron chi connectivity index (χ2n) is 9.47. The van der Waals surface area contributed by atoms with E-state index in [1.165, 1.54) is 0 Å². The van der Waals surface area contributed by atoms with Crippen molar-refractivity contribution in [1.29, 1.82) is 0 Å². The van der Waals surface area contributed by atoms with E-state index in [2.05, 4.69) is 21.0 Å². The predicted molar refractivity (Wildman–Crippen MR) is 151 cm³/mol. The monoisotopic (exact) mass is 514 g/mol. The minimum Gasteiger partial charge on any atom is -0.482 e. The van der Waals surface area contributed by atoms with Crippen LogP contribution in [0.4, 0.5) is 5.82 Å². The Morgan fingerprint density at radius 3 is 2.53 bits per heavy atom. The van der Waals surface area contributed by atoms with Gasteiger partial charge in [-0.15, -0.1) is 0 Å². The van der Waals surface area contributed by atoms with Crippen LogP contribution < -0.4 is 16.2 Å². The van der Waals surface area contributed by atoms with Crippen molar-refractivity contribution in [1.82, 2.24) is 14.9 Å². The van der Waals surface area contributed by atoms with Crippen molar-refractivity contribution in [2.45, 2.75) is 72.4 Å². The van der Waals surface area contributed by atoms with Gasteiger partial charge in [-0.25, -0.2) is 4.98 Å². The minimum absolute atomic E-state index is 0.252. The van der Waals surface area contributed by atoms with E-state index in [9.17, 15) is 0 Å². The largest absolute Gasteiger partial charge is 0.482 e. The molecule has 8 heteroatoms. The summed E-state index contributed by atoms with van der Waals surface area (Å²) in [5.74, 6) is 0.939. The number of benzene rings is 1. The minimum atomic E-state index is -0.252. The molecule has 0 aliphatic carbocycles. The van der Waals surface area contributed by atoms with Crippen LogP contribution in [-0.2, 0) is 0 Å². The van der Waals surface area contributed by atoms with Crippen LogP contribution >= 0.6 is 11.6 Å². The Bertz CT molecular complexity index is 1030. The van der Waals surface area contributed by atoms with Gasteiger partial charge in [0, 0.05) is 49.4 Å². The highest BCUT2D eigenvalue weighted by atomic mass is 35.5. The SMILES string of the molecule is CC.Cc1ccc(C)c(C(C)Oc2cc(C3=NN(C4CCN(CCCN)CC4)CC3)cnc2N)c1Cl. The van der Waals surface area contributed by atoms with Crippen molar-refractivity contribution in [3.05, 3.63) is 51.7 Å². The third kappa shape index (κ3) is 6.69. The fraction of sp³-hybridized carbons (Fsp3) is 0.571. The first-order valence-electron chi connectivity index (χ1n) is 13.3. The highest BCUT2D eigenvalue weighted by Gasteiger charge is 2.28. The lowest BCUT2D eigenvalue weighted by Crippen LogP contribution is -2.42. The molecule has 198 valence electrons. The van der Waals surface area contributed by atoms with Crippen LogP contribution in [0.5, 0.6) is 5.75 Å². The van der Waals surface area contributed by atoms with E-state index in [0.717, 1.165) is 91.4 Å². The van der Waals surface area contributed by atoms with E-state index < -0.39 is 0 Å². The van der Waals surface area contributed by atoms with Gasteiger partial charge < -0.3 is 21.1 Å². The van der Waals surface area contributed by atoms with Crippen molar-refractivity contribution < 1.29 is 4.74 Å². The van der Waals surface area contributed by atoms with E-state index >= 15 is 0 Å².